The summed E-state index contributed by atoms with van der Waals surface area (Å²) in [6, 6.07) is 5.13. The van der Waals surface area contributed by atoms with E-state index in [1.165, 1.54) is 7.11 Å². The number of rotatable bonds is 4. The summed E-state index contributed by atoms with van der Waals surface area (Å²) in [5, 5.41) is 4.24. The molecule has 106 valence electrons. The van der Waals surface area contributed by atoms with Gasteiger partial charge in [-0.15, -0.1) is 11.3 Å². The summed E-state index contributed by atoms with van der Waals surface area (Å²) < 4.78 is 4.78. The molecule has 0 saturated carbocycles. The Morgan fingerprint density at radius 2 is 2.25 bits per heavy atom. The second kappa shape index (κ2) is 5.92. The molecule has 0 spiro atoms. The number of hydrogen-bond donors (Lipinski definition) is 2. The van der Waals surface area contributed by atoms with Crippen molar-refractivity contribution >= 4 is 28.7 Å². The highest BCUT2D eigenvalue weighted by Gasteiger charge is 2.16. The Morgan fingerprint density at radius 1 is 1.50 bits per heavy atom. The number of nitrogens with one attached hydrogen (secondary N) is 1. The number of hydrogen-bond acceptors (Lipinski definition) is 6. The molecule has 1 heterocycles. The van der Waals surface area contributed by atoms with Crippen LogP contribution in [0.3, 0.4) is 0 Å². The number of thiazole rings is 1. The third-order valence-electron chi connectivity index (χ3n) is 2.83. The summed E-state index contributed by atoms with van der Waals surface area (Å²) in [5.74, 6) is -0.415. The van der Waals surface area contributed by atoms with E-state index in [2.05, 4.69) is 10.3 Å². The van der Waals surface area contributed by atoms with Crippen LogP contribution in [0.4, 0.5) is 11.4 Å². The van der Waals surface area contributed by atoms with E-state index >= 15 is 0 Å². The Balaban J connectivity index is 2.26. The molecular formula is C14H17N3O2S. The summed E-state index contributed by atoms with van der Waals surface area (Å²) in [6.07, 6.45) is 1.84. The predicted molar refractivity (Wildman–Crippen MR) is 81.1 cm³/mol. The standard InChI is InChI=1S/C14H17N3O2S/c1-8-7-16-13(20-8)9(2)17-12-5-4-10(15)6-11(12)14(18)19-3/h4-7,9,17H,15H2,1-3H3. The maximum absolute atomic E-state index is 11.8. The average Bonchev–Trinajstić information content (AvgIpc) is 2.86. The zero-order valence-corrected chi connectivity index (χ0v) is 12.5. The number of carbonyl (C=O) groups is 1. The number of aryl methyl sites for hydroxylation is 1. The van der Waals surface area contributed by atoms with Gasteiger partial charge in [-0.2, -0.15) is 0 Å². The molecule has 0 saturated heterocycles. The van der Waals surface area contributed by atoms with Crippen molar-refractivity contribution in [1.29, 1.82) is 0 Å². The Labute approximate surface area is 121 Å². The van der Waals surface area contributed by atoms with Crippen LogP contribution in [0.15, 0.2) is 24.4 Å². The lowest BCUT2D eigenvalue weighted by Gasteiger charge is -2.16. The van der Waals surface area contributed by atoms with Crippen LogP contribution < -0.4 is 11.1 Å². The van der Waals surface area contributed by atoms with Gasteiger partial charge in [-0.3, -0.25) is 0 Å². The number of benzene rings is 1. The van der Waals surface area contributed by atoms with Crippen LogP contribution in [0.2, 0.25) is 0 Å². The van der Waals surface area contributed by atoms with E-state index in [9.17, 15) is 4.79 Å². The van der Waals surface area contributed by atoms with Gasteiger partial charge in [0.15, 0.2) is 0 Å². The van der Waals surface area contributed by atoms with Crippen molar-refractivity contribution in [2.75, 3.05) is 18.2 Å². The maximum atomic E-state index is 11.8. The normalized spacial score (nSPS) is 11.9. The SMILES string of the molecule is COC(=O)c1cc(N)ccc1NC(C)c1ncc(C)s1. The lowest BCUT2D eigenvalue weighted by Crippen LogP contribution is -2.12. The number of aromatic nitrogens is 1. The molecule has 2 rings (SSSR count). The van der Waals surface area contributed by atoms with E-state index in [0.29, 0.717) is 16.9 Å². The summed E-state index contributed by atoms with van der Waals surface area (Å²) in [4.78, 5) is 17.3. The van der Waals surface area contributed by atoms with Gasteiger partial charge in [0.05, 0.1) is 18.7 Å². The highest BCUT2D eigenvalue weighted by molar-refractivity contribution is 7.11. The van der Waals surface area contributed by atoms with Crippen LogP contribution >= 0.6 is 11.3 Å². The van der Waals surface area contributed by atoms with E-state index in [1.54, 1.807) is 29.5 Å². The first-order valence-electron chi connectivity index (χ1n) is 6.18. The first-order valence-corrected chi connectivity index (χ1v) is 6.99. The quantitative estimate of drug-likeness (QED) is 0.669. The molecule has 0 aliphatic rings. The number of esters is 1. The number of ether oxygens (including phenoxy) is 1. The van der Waals surface area contributed by atoms with Crippen molar-refractivity contribution in [2.45, 2.75) is 19.9 Å². The minimum Gasteiger partial charge on any atom is -0.465 e. The Hall–Kier alpha value is -2.08. The fraction of sp³-hybridized carbons (Fsp3) is 0.286. The molecule has 1 aromatic carbocycles. The van der Waals surface area contributed by atoms with Gasteiger partial charge in [0.1, 0.15) is 5.01 Å². The molecular weight excluding hydrogens is 274 g/mol. The average molecular weight is 291 g/mol. The van der Waals surface area contributed by atoms with Gasteiger partial charge in [-0.05, 0) is 32.0 Å². The minimum atomic E-state index is -0.415. The van der Waals surface area contributed by atoms with Gasteiger partial charge in [-0.25, -0.2) is 9.78 Å². The largest absolute Gasteiger partial charge is 0.465 e. The fourth-order valence-corrected chi connectivity index (χ4v) is 2.61. The molecule has 0 amide bonds. The van der Waals surface area contributed by atoms with Gasteiger partial charge >= 0.3 is 5.97 Å². The molecule has 2 aromatic rings. The van der Waals surface area contributed by atoms with Crippen molar-refractivity contribution in [3.05, 3.63) is 39.8 Å². The second-order valence-corrected chi connectivity index (χ2v) is 5.74. The molecule has 1 unspecified atom stereocenters. The number of methoxy groups -OCH3 is 1. The number of anilines is 2. The van der Waals surface area contributed by atoms with Crippen molar-refractivity contribution in [3.63, 3.8) is 0 Å². The molecule has 0 fully saturated rings. The van der Waals surface area contributed by atoms with Gasteiger partial charge in [-0.1, -0.05) is 0 Å². The van der Waals surface area contributed by atoms with Crippen molar-refractivity contribution < 1.29 is 9.53 Å². The number of nitrogens with zero attached hydrogens (tertiary/aromatic N) is 1. The van der Waals surface area contributed by atoms with Crippen LogP contribution in [0.5, 0.6) is 0 Å². The molecule has 3 N–H and O–H groups in total. The molecule has 5 nitrogen and oxygen atoms in total. The van der Waals surface area contributed by atoms with Crippen LogP contribution in [-0.2, 0) is 4.74 Å². The minimum absolute atomic E-state index is 0.000676. The monoisotopic (exact) mass is 291 g/mol. The van der Waals surface area contributed by atoms with Crippen LogP contribution in [0.25, 0.3) is 0 Å². The summed E-state index contributed by atoms with van der Waals surface area (Å²) in [6.45, 7) is 4.01. The van der Waals surface area contributed by atoms with Crippen molar-refractivity contribution in [3.8, 4) is 0 Å². The predicted octanol–water partition coefficient (Wildman–Crippen LogP) is 2.99. The molecule has 0 radical (unpaired) electrons. The smallest absolute Gasteiger partial charge is 0.340 e. The van der Waals surface area contributed by atoms with Crippen LogP contribution in [0, 0.1) is 6.92 Å². The topological polar surface area (TPSA) is 77.2 Å². The first-order chi connectivity index (χ1) is 9.51. The summed E-state index contributed by atoms with van der Waals surface area (Å²) >= 11 is 1.62. The molecule has 0 aliphatic heterocycles. The molecule has 0 aliphatic carbocycles. The third-order valence-corrected chi connectivity index (χ3v) is 3.93. The first kappa shape index (κ1) is 14.3. The fourth-order valence-electron chi connectivity index (χ4n) is 1.83. The number of nitrogen functional groups attached to an aromatic ring is 1. The van der Waals surface area contributed by atoms with Gasteiger partial charge in [0.2, 0.25) is 0 Å². The lowest BCUT2D eigenvalue weighted by molar-refractivity contribution is 0.0602. The Morgan fingerprint density at radius 3 is 2.85 bits per heavy atom. The molecule has 0 bridgehead atoms. The van der Waals surface area contributed by atoms with Crippen LogP contribution in [0.1, 0.15) is 33.2 Å². The van der Waals surface area contributed by atoms with E-state index in [0.717, 1.165) is 9.88 Å². The van der Waals surface area contributed by atoms with Gasteiger partial charge in [0.25, 0.3) is 0 Å². The highest BCUT2D eigenvalue weighted by Crippen LogP contribution is 2.26. The van der Waals surface area contributed by atoms with E-state index in [4.69, 9.17) is 10.5 Å². The summed E-state index contributed by atoms with van der Waals surface area (Å²) in [5.41, 5.74) is 7.35. The van der Waals surface area contributed by atoms with Crippen molar-refractivity contribution in [1.82, 2.24) is 4.98 Å². The zero-order valence-electron chi connectivity index (χ0n) is 11.6. The molecule has 1 atom stereocenters. The second-order valence-electron chi connectivity index (χ2n) is 4.47. The van der Waals surface area contributed by atoms with E-state index in [-0.39, 0.29) is 6.04 Å². The lowest BCUT2D eigenvalue weighted by atomic mass is 10.1. The number of nitrogens with two attached hydrogens (primary N) is 1. The Bertz CT molecular complexity index is 625. The number of carbonyl (C=O) groups excluding carboxylic acids is 1. The van der Waals surface area contributed by atoms with Crippen LogP contribution in [-0.4, -0.2) is 18.1 Å². The van der Waals surface area contributed by atoms with E-state index < -0.39 is 5.97 Å². The van der Waals surface area contributed by atoms with E-state index in [1.807, 2.05) is 20.0 Å². The highest BCUT2D eigenvalue weighted by atomic mass is 32.1. The van der Waals surface area contributed by atoms with Gasteiger partial charge < -0.3 is 15.8 Å². The summed E-state index contributed by atoms with van der Waals surface area (Å²) in [7, 11) is 1.35. The maximum Gasteiger partial charge on any atom is 0.340 e. The van der Waals surface area contributed by atoms with Gasteiger partial charge in [0, 0.05) is 22.4 Å². The third kappa shape index (κ3) is 3.08. The van der Waals surface area contributed by atoms with Crippen molar-refractivity contribution in [2.24, 2.45) is 0 Å². The molecule has 6 heteroatoms. The Kier molecular flexibility index (Phi) is 4.24. The zero-order chi connectivity index (χ0) is 14.7. The molecule has 1 aromatic heterocycles. The molecule has 20 heavy (non-hydrogen) atoms.